The van der Waals surface area contributed by atoms with Crippen molar-refractivity contribution in [2.45, 2.75) is 20.2 Å². The highest BCUT2D eigenvalue weighted by atomic mass is 19.4. The molecule has 0 spiro atoms. The summed E-state index contributed by atoms with van der Waals surface area (Å²) in [6, 6.07) is 0. The molecule has 0 heterocycles. The lowest BCUT2D eigenvalue weighted by Crippen LogP contribution is -2.26. The fourth-order valence-electron chi connectivity index (χ4n) is 2.19. The highest BCUT2D eigenvalue weighted by molar-refractivity contribution is 5.38. The van der Waals surface area contributed by atoms with Gasteiger partial charge in [0, 0.05) is 11.3 Å². The molecule has 4 heteroatoms. The highest BCUT2D eigenvalue weighted by Crippen LogP contribution is 2.41. The summed E-state index contributed by atoms with van der Waals surface area (Å²) in [6.07, 6.45) is 5.88. The minimum Gasteiger partial charge on any atom is -0.406 e. The van der Waals surface area contributed by atoms with Gasteiger partial charge in [-0.15, -0.1) is 13.2 Å². The van der Waals surface area contributed by atoms with E-state index in [-0.39, 0.29) is 17.1 Å². The third kappa shape index (κ3) is 2.62. The summed E-state index contributed by atoms with van der Waals surface area (Å²) in [5.74, 6) is -0.230. The summed E-state index contributed by atoms with van der Waals surface area (Å²) in [4.78, 5) is 0. The van der Waals surface area contributed by atoms with Crippen LogP contribution < -0.4 is 0 Å². The number of allylic oxidation sites excluding steroid dienone is 7. The van der Waals surface area contributed by atoms with Crippen molar-refractivity contribution in [1.82, 2.24) is 0 Å². The number of fused-ring (bicyclic) bond motifs is 1. The van der Waals surface area contributed by atoms with Crippen LogP contribution in [0.25, 0.3) is 0 Å². The van der Waals surface area contributed by atoms with E-state index in [1.807, 2.05) is 26.0 Å². The van der Waals surface area contributed by atoms with Gasteiger partial charge in [-0.2, -0.15) is 0 Å². The smallest absolute Gasteiger partial charge is 0.406 e. The molecule has 0 bridgehead atoms. The largest absolute Gasteiger partial charge is 0.573 e. The zero-order valence-electron chi connectivity index (χ0n) is 9.58. The van der Waals surface area contributed by atoms with Gasteiger partial charge in [0.1, 0.15) is 5.76 Å². The van der Waals surface area contributed by atoms with Crippen molar-refractivity contribution in [3.05, 3.63) is 47.8 Å². The van der Waals surface area contributed by atoms with Crippen LogP contribution in [0, 0.1) is 11.3 Å². The maximum atomic E-state index is 12.1. The zero-order valence-corrected chi connectivity index (χ0v) is 9.58. The second-order valence-corrected chi connectivity index (χ2v) is 4.59. The molecule has 17 heavy (non-hydrogen) atoms. The van der Waals surface area contributed by atoms with E-state index in [1.165, 1.54) is 12.2 Å². The molecule has 2 atom stereocenters. The van der Waals surface area contributed by atoms with Gasteiger partial charge in [-0.3, -0.25) is 0 Å². The molecule has 2 aliphatic rings. The topological polar surface area (TPSA) is 9.23 Å². The van der Waals surface area contributed by atoms with Crippen LogP contribution in [0.2, 0.25) is 0 Å². The van der Waals surface area contributed by atoms with Crippen LogP contribution in [0.1, 0.15) is 13.8 Å². The molecule has 2 rings (SSSR count). The molecule has 0 saturated carbocycles. The standard InChI is InChI=1S/C13H13F3O/c1-9-3-4-10-7-11(17-13(14,15)16)5-6-12(10,2)8-9/h3-8,10H,1-2H3. The highest BCUT2D eigenvalue weighted by Gasteiger charge is 2.36. The fraction of sp³-hybridized carbons (Fsp3) is 0.385. The number of hydrogen-bond acceptors (Lipinski definition) is 1. The monoisotopic (exact) mass is 242 g/mol. The summed E-state index contributed by atoms with van der Waals surface area (Å²) in [6.45, 7) is 3.96. The van der Waals surface area contributed by atoms with Gasteiger partial charge in [-0.1, -0.05) is 36.8 Å². The van der Waals surface area contributed by atoms with Crippen molar-refractivity contribution in [3.8, 4) is 0 Å². The first-order valence-corrected chi connectivity index (χ1v) is 5.33. The van der Waals surface area contributed by atoms with Crippen LogP contribution in [0.4, 0.5) is 13.2 Å². The second kappa shape index (κ2) is 3.79. The Morgan fingerprint density at radius 3 is 2.65 bits per heavy atom. The average Bonchev–Trinajstić information content (AvgIpc) is 2.16. The van der Waals surface area contributed by atoms with Crippen molar-refractivity contribution in [2.24, 2.45) is 11.3 Å². The molecule has 2 aliphatic carbocycles. The molecule has 0 amide bonds. The van der Waals surface area contributed by atoms with Crippen molar-refractivity contribution < 1.29 is 17.9 Å². The van der Waals surface area contributed by atoms with Gasteiger partial charge in [0.05, 0.1) is 0 Å². The minimum absolute atomic E-state index is 0.0893. The Hall–Kier alpha value is -1.45. The maximum absolute atomic E-state index is 12.1. The van der Waals surface area contributed by atoms with E-state index >= 15 is 0 Å². The third-order valence-electron chi connectivity index (χ3n) is 3.01. The van der Waals surface area contributed by atoms with Gasteiger partial charge in [0.2, 0.25) is 0 Å². The number of rotatable bonds is 1. The molecule has 92 valence electrons. The Bertz CT molecular complexity index is 440. The molecule has 0 aromatic heterocycles. The van der Waals surface area contributed by atoms with Gasteiger partial charge in [-0.05, 0) is 19.1 Å². The van der Waals surface area contributed by atoms with Gasteiger partial charge in [-0.25, -0.2) is 0 Å². The Labute approximate surface area is 98.0 Å². The quantitative estimate of drug-likeness (QED) is 0.672. The Morgan fingerprint density at radius 2 is 2.00 bits per heavy atom. The second-order valence-electron chi connectivity index (χ2n) is 4.59. The van der Waals surface area contributed by atoms with Crippen molar-refractivity contribution in [3.63, 3.8) is 0 Å². The molecule has 0 saturated heterocycles. The molecule has 1 nitrogen and oxygen atoms in total. The normalized spacial score (nSPS) is 31.7. The molecule has 0 aromatic carbocycles. The zero-order chi connectivity index (χ0) is 12.7. The predicted molar refractivity (Wildman–Crippen MR) is 58.9 cm³/mol. The van der Waals surface area contributed by atoms with E-state index in [4.69, 9.17) is 0 Å². The number of halogens is 3. The molecule has 2 unspecified atom stereocenters. The van der Waals surface area contributed by atoms with Gasteiger partial charge < -0.3 is 4.74 Å². The van der Waals surface area contributed by atoms with Gasteiger partial charge in [0.25, 0.3) is 0 Å². The predicted octanol–water partition coefficient (Wildman–Crippen LogP) is 4.12. The lowest BCUT2D eigenvalue weighted by atomic mass is 9.70. The number of hydrogen-bond donors (Lipinski definition) is 0. The molecule has 0 radical (unpaired) electrons. The minimum atomic E-state index is -4.63. The van der Waals surface area contributed by atoms with E-state index in [2.05, 4.69) is 10.8 Å². The molecular weight excluding hydrogens is 229 g/mol. The third-order valence-corrected chi connectivity index (χ3v) is 3.01. The first kappa shape index (κ1) is 12.0. The van der Waals surface area contributed by atoms with Crippen LogP contribution in [0.3, 0.4) is 0 Å². The van der Waals surface area contributed by atoms with E-state index in [0.717, 1.165) is 5.57 Å². The van der Waals surface area contributed by atoms with Crippen molar-refractivity contribution in [2.75, 3.05) is 0 Å². The summed E-state index contributed by atoms with van der Waals surface area (Å²) in [5.41, 5.74) is 0.860. The van der Waals surface area contributed by atoms with Gasteiger partial charge in [0.15, 0.2) is 0 Å². The van der Waals surface area contributed by atoms with E-state index in [9.17, 15) is 13.2 Å². The Morgan fingerprint density at radius 1 is 1.29 bits per heavy atom. The van der Waals surface area contributed by atoms with Crippen LogP contribution in [0.15, 0.2) is 47.8 Å². The summed E-state index contributed by atoms with van der Waals surface area (Å²) in [7, 11) is 0. The summed E-state index contributed by atoms with van der Waals surface area (Å²) in [5, 5.41) is 0. The molecular formula is C13H13F3O. The first-order chi connectivity index (χ1) is 7.78. The number of ether oxygens (including phenoxy) is 1. The summed E-state index contributed by atoms with van der Waals surface area (Å²) < 4.78 is 40.2. The summed E-state index contributed by atoms with van der Waals surface area (Å²) >= 11 is 0. The fourth-order valence-corrected chi connectivity index (χ4v) is 2.19. The number of alkyl halides is 3. The SMILES string of the molecule is CC1=CC2(C)C=CC(OC(F)(F)F)=CC2C=C1. The van der Waals surface area contributed by atoms with Gasteiger partial charge >= 0.3 is 6.36 Å². The molecule has 0 aromatic rings. The van der Waals surface area contributed by atoms with E-state index in [0.29, 0.717) is 0 Å². The lowest BCUT2D eigenvalue weighted by molar-refractivity contribution is -0.303. The van der Waals surface area contributed by atoms with Crippen molar-refractivity contribution in [1.29, 1.82) is 0 Å². The Kier molecular flexibility index (Phi) is 2.68. The van der Waals surface area contributed by atoms with Crippen LogP contribution >= 0.6 is 0 Å². The van der Waals surface area contributed by atoms with Crippen LogP contribution in [0.5, 0.6) is 0 Å². The Balaban J connectivity index is 2.23. The molecule has 0 N–H and O–H groups in total. The average molecular weight is 242 g/mol. The first-order valence-electron chi connectivity index (χ1n) is 5.33. The van der Waals surface area contributed by atoms with E-state index < -0.39 is 6.36 Å². The maximum Gasteiger partial charge on any atom is 0.573 e. The molecule has 0 fully saturated rings. The van der Waals surface area contributed by atoms with Crippen molar-refractivity contribution >= 4 is 0 Å². The lowest BCUT2D eigenvalue weighted by Gasteiger charge is -2.34. The van der Waals surface area contributed by atoms with Crippen LogP contribution in [-0.2, 0) is 4.74 Å². The van der Waals surface area contributed by atoms with E-state index in [1.54, 1.807) is 6.08 Å². The van der Waals surface area contributed by atoms with Crippen LogP contribution in [-0.4, -0.2) is 6.36 Å². The molecule has 0 aliphatic heterocycles.